The number of nitrogens with zero attached hydrogens (tertiary/aromatic N) is 1. The van der Waals surface area contributed by atoms with Gasteiger partial charge in [-0.2, -0.15) is 0 Å². The van der Waals surface area contributed by atoms with Crippen LogP contribution in [0.2, 0.25) is 0 Å². The van der Waals surface area contributed by atoms with Crippen LogP contribution >= 0.6 is 0 Å². The molecule has 0 bridgehead atoms. The van der Waals surface area contributed by atoms with Gasteiger partial charge in [0.2, 0.25) is 0 Å². The highest BCUT2D eigenvalue weighted by Crippen LogP contribution is 2.10. The first kappa shape index (κ1) is 13.1. The highest BCUT2D eigenvalue weighted by atomic mass is 16.5. The molecule has 0 spiro atoms. The SMILES string of the molecule is COC(=O)C1=CCN(CC(=O)c2ccccc2)C=C1. The Kier molecular flexibility index (Phi) is 4.13. The van der Waals surface area contributed by atoms with Gasteiger partial charge in [0.1, 0.15) is 0 Å². The number of ketones is 1. The average molecular weight is 257 g/mol. The van der Waals surface area contributed by atoms with Gasteiger partial charge in [-0.1, -0.05) is 36.4 Å². The van der Waals surface area contributed by atoms with Gasteiger partial charge in [-0.15, -0.1) is 0 Å². The van der Waals surface area contributed by atoms with Crippen LogP contribution in [-0.4, -0.2) is 36.9 Å². The van der Waals surface area contributed by atoms with Crippen LogP contribution in [0.5, 0.6) is 0 Å². The maximum Gasteiger partial charge on any atom is 0.337 e. The molecule has 1 heterocycles. The van der Waals surface area contributed by atoms with Crippen LogP contribution in [0.25, 0.3) is 0 Å². The van der Waals surface area contributed by atoms with Crippen molar-refractivity contribution < 1.29 is 14.3 Å². The summed E-state index contributed by atoms with van der Waals surface area (Å²) in [4.78, 5) is 25.1. The van der Waals surface area contributed by atoms with Crippen LogP contribution in [0.15, 0.2) is 54.3 Å². The van der Waals surface area contributed by atoms with Gasteiger partial charge in [0.25, 0.3) is 0 Å². The summed E-state index contributed by atoms with van der Waals surface area (Å²) in [5.41, 5.74) is 1.21. The maximum atomic E-state index is 12.0. The van der Waals surface area contributed by atoms with E-state index in [-0.39, 0.29) is 11.8 Å². The number of benzene rings is 1. The monoisotopic (exact) mass is 257 g/mol. The van der Waals surface area contributed by atoms with E-state index >= 15 is 0 Å². The lowest BCUT2D eigenvalue weighted by Crippen LogP contribution is -2.27. The molecule has 0 radical (unpaired) electrons. The molecule has 19 heavy (non-hydrogen) atoms. The topological polar surface area (TPSA) is 46.6 Å². The smallest absolute Gasteiger partial charge is 0.337 e. The zero-order valence-corrected chi connectivity index (χ0v) is 10.7. The molecule has 1 aromatic rings. The predicted octanol–water partition coefficient (Wildman–Crippen LogP) is 1.80. The number of hydrogen-bond acceptors (Lipinski definition) is 4. The fourth-order valence-electron chi connectivity index (χ4n) is 1.82. The van der Waals surface area contributed by atoms with Crippen molar-refractivity contribution in [1.82, 2.24) is 4.90 Å². The second-order valence-electron chi connectivity index (χ2n) is 4.19. The minimum atomic E-state index is -0.356. The fourth-order valence-corrected chi connectivity index (χ4v) is 1.82. The molecule has 0 saturated carbocycles. The van der Waals surface area contributed by atoms with Gasteiger partial charge >= 0.3 is 5.97 Å². The molecule has 0 fully saturated rings. The van der Waals surface area contributed by atoms with Gasteiger partial charge in [-0.05, 0) is 6.08 Å². The second-order valence-corrected chi connectivity index (χ2v) is 4.19. The van der Waals surface area contributed by atoms with Crippen LogP contribution in [0.1, 0.15) is 10.4 Å². The molecular weight excluding hydrogens is 242 g/mol. The first-order valence-electron chi connectivity index (χ1n) is 5.99. The molecular formula is C15H15NO3. The summed E-state index contributed by atoms with van der Waals surface area (Å²) < 4.78 is 4.63. The summed E-state index contributed by atoms with van der Waals surface area (Å²) in [6, 6.07) is 9.16. The van der Waals surface area contributed by atoms with Crippen molar-refractivity contribution in [2.24, 2.45) is 0 Å². The number of rotatable bonds is 4. The van der Waals surface area contributed by atoms with E-state index in [4.69, 9.17) is 0 Å². The summed E-state index contributed by atoms with van der Waals surface area (Å²) in [6.45, 7) is 0.824. The normalized spacial score (nSPS) is 13.9. The van der Waals surface area contributed by atoms with Crippen LogP contribution in [0.3, 0.4) is 0 Å². The quantitative estimate of drug-likeness (QED) is 0.609. The van der Waals surface area contributed by atoms with Crippen LogP contribution in [0, 0.1) is 0 Å². The Morgan fingerprint density at radius 2 is 2.00 bits per heavy atom. The molecule has 0 saturated heterocycles. The molecule has 0 N–H and O–H groups in total. The van der Waals surface area contributed by atoms with Gasteiger partial charge in [-0.3, -0.25) is 4.79 Å². The lowest BCUT2D eigenvalue weighted by Gasteiger charge is -2.21. The first-order valence-corrected chi connectivity index (χ1v) is 5.99. The summed E-state index contributed by atoms with van der Waals surface area (Å²) in [5, 5.41) is 0. The summed E-state index contributed by atoms with van der Waals surface area (Å²) in [7, 11) is 1.35. The third-order valence-corrected chi connectivity index (χ3v) is 2.87. The number of Topliss-reactive ketones (excluding diaryl/α,β-unsaturated/α-hetero) is 1. The third kappa shape index (κ3) is 3.31. The standard InChI is InChI=1S/C15H15NO3/c1-19-15(18)13-7-9-16(10-8-13)11-14(17)12-5-3-2-4-6-12/h2-9H,10-11H2,1H3. The van der Waals surface area contributed by atoms with E-state index in [2.05, 4.69) is 4.74 Å². The molecule has 98 valence electrons. The highest BCUT2D eigenvalue weighted by molar-refractivity contribution is 5.97. The van der Waals surface area contributed by atoms with Crippen molar-refractivity contribution in [2.45, 2.75) is 0 Å². The van der Waals surface area contributed by atoms with E-state index in [0.29, 0.717) is 24.2 Å². The van der Waals surface area contributed by atoms with E-state index in [1.165, 1.54) is 7.11 Å². The van der Waals surface area contributed by atoms with Crippen molar-refractivity contribution in [3.63, 3.8) is 0 Å². The van der Waals surface area contributed by atoms with Gasteiger partial charge in [0.15, 0.2) is 5.78 Å². The number of carbonyl (C=O) groups excluding carboxylic acids is 2. The summed E-state index contributed by atoms with van der Waals surface area (Å²) in [5.74, 6) is -0.301. The number of hydrogen-bond donors (Lipinski definition) is 0. The minimum absolute atomic E-state index is 0.0557. The predicted molar refractivity (Wildman–Crippen MR) is 71.6 cm³/mol. The Morgan fingerprint density at radius 3 is 2.58 bits per heavy atom. The first-order chi connectivity index (χ1) is 9.20. The van der Waals surface area contributed by atoms with Crippen LogP contribution in [0.4, 0.5) is 0 Å². The molecule has 1 aliphatic rings. The van der Waals surface area contributed by atoms with E-state index in [1.54, 1.807) is 30.5 Å². The lowest BCUT2D eigenvalue weighted by atomic mass is 10.1. The van der Waals surface area contributed by atoms with E-state index in [9.17, 15) is 9.59 Å². The zero-order valence-electron chi connectivity index (χ0n) is 10.7. The van der Waals surface area contributed by atoms with E-state index in [1.807, 2.05) is 23.1 Å². The van der Waals surface area contributed by atoms with E-state index in [0.717, 1.165) is 0 Å². The molecule has 0 aliphatic carbocycles. The van der Waals surface area contributed by atoms with Crippen molar-refractivity contribution in [1.29, 1.82) is 0 Å². The summed E-state index contributed by atoms with van der Waals surface area (Å²) in [6.07, 6.45) is 5.16. The number of ether oxygens (including phenoxy) is 1. The largest absolute Gasteiger partial charge is 0.465 e. The highest BCUT2D eigenvalue weighted by Gasteiger charge is 2.14. The summed E-state index contributed by atoms with van der Waals surface area (Å²) >= 11 is 0. The van der Waals surface area contributed by atoms with Crippen molar-refractivity contribution in [2.75, 3.05) is 20.2 Å². The third-order valence-electron chi connectivity index (χ3n) is 2.87. The maximum absolute atomic E-state index is 12.0. The van der Waals surface area contributed by atoms with Gasteiger partial charge in [-0.25, -0.2) is 4.79 Å². The Balaban J connectivity index is 1.94. The number of carbonyl (C=O) groups is 2. The molecule has 0 unspecified atom stereocenters. The average Bonchev–Trinajstić information content (AvgIpc) is 2.48. The molecule has 0 amide bonds. The van der Waals surface area contributed by atoms with Crippen LogP contribution in [-0.2, 0) is 9.53 Å². The molecule has 4 heteroatoms. The Bertz CT molecular complexity index is 532. The molecule has 0 aromatic heterocycles. The molecule has 1 aliphatic heterocycles. The lowest BCUT2D eigenvalue weighted by molar-refractivity contribution is -0.135. The molecule has 4 nitrogen and oxygen atoms in total. The van der Waals surface area contributed by atoms with Gasteiger partial charge < -0.3 is 9.64 Å². The van der Waals surface area contributed by atoms with E-state index < -0.39 is 0 Å². The van der Waals surface area contributed by atoms with Crippen molar-refractivity contribution in [3.8, 4) is 0 Å². The Labute approximate surface area is 112 Å². The number of methoxy groups -OCH3 is 1. The fraction of sp³-hybridized carbons (Fsp3) is 0.200. The van der Waals surface area contributed by atoms with Gasteiger partial charge in [0.05, 0.1) is 19.2 Å². The Morgan fingerprint density at radius 1 is 1.26 bits per heavy atom. The molecule has 1 aromatic carbocycles. The molecule has 2 rings (SSSR count). The minimum Gasteiger partial charge on any atom is -0.465 e. The van der Waals surface area contributed by atoms with Crippen molar-refractivity contribution >= 4 is 11.8 Å². The van der Waals surface area contributed by atoms with Crippen LogP contribution < -0.4 is 0 Å². The van der Waals surface area contributed by atoms with Crippen molar-refractivity contribution in [3.05, 3.63) is 59.8 Å². The number of esters is 1. The zero-order chi connectivity index (χ0) is 13.7. The molecule has 0 atom stereocenters. The Hall–Kier alpha value is -2.36. The second kappa shape index (κ2) is 6.00. The van der Waals surface area contributed by atoms with Gasteiger partial charge in [0, 0.05) is 18.3 Å².